The van der Waals surface area contributed by atoms with Gasteiger partial charge in [0.05, 0.1) is 5.69 Å². The summed E-state index contributed by atoms with van der Waals surface area (Å²) in [6, 6.07) is 5.81. The molecule has 7 heteroatoms. The number of aryl methyl sites for hydroxylation is 1. The van der Waals surface area contributed by atoms with Gasteiger partial charge < -0.3 is 9.80 Å². The summed E-state index contributed by atoms with van der Waals surface area (Å²) in [6.45, 7) is 9.23. The highest BCUT2D eigenvalue weighted by Crippen LogP contribution is 2.21. The number of amides is 1. The molecule has 0 unspecified atom stereocenters. The Morgan fingerprint density at radius 3 is 2.25 bits per heavy atom. The molecule has 0 spiro atoms. The molecule has 128 valence electrons. The minimum atomic E-state index is -0.000249. The summed E-state index contributed by atoms with van der Waals surface area (Å²) in [7, 11) is 1.79. The summed E-state index contributed by atoms with van der Waals surface area (Å²) in [5.41, 5.74) is 1.61. The summed E-state index contributed by atoms with van der Waals surface area (Å²) in [5, 5.41) is 12.8. The highest BCUT2D eigenvalue weighted by molar-refractivity contribution is 5.92. The van der Waals surface area contributed by atoms with Crippen LogP contribution in [0.25, 0.3) is 0 Å². The molecule has 2 aromatic rings. The Labute approximate surface area is 142 Å². The maximum Gasteiger partial charge on any atom is 0.272 e. The van der Waals surface area contributed by atoms with Crippen molar-refractivity contribution >= 4 is 11.7 Å². The number of nitrogens with zero attached hydrogens (tertiary/aromatic N) is 6. The van der Waals surface area contributed by atoms with Crippen molar-refractivity contribution in [3.8, 4) is 0 Å². The maximum atomic E-state index is 12.5. The van der Waals surface area contributed by atoms with Gasteiger partial charge in [0.2, 0.25) is 0 Å². The number of aromatic nitrogens is 4. The molecule has 0 aromatic carbocycles. The minimum absolute atomic E-state index is 0.000249. The van der Waals surface area contributed by atoms with Crippen LogP contribution < -0.4 is 4.90 Å². The van der Waals surface area contributed by atoms with Gasteiger partial charge in [-0.3, -0.25) is 9.48 Å². The van der Waals surface area contributed by atoms with Crippen molar-refractivity contribution in [2.24, 2.45) is 7.05 Å². The molecule has 3 rings (SSSR count). The fourth-order valence-electron chi connectivity index (χ4n) is 2.78. The van der Waals surface area contributed by atoms with Gasteiger partial charge in [-0.2, -0.15) is 10.2 Å². The molecule has 1 fully saturated rings. The van der Waals surface area contributed by atoms with Crippen LogP contribution in [-0.2, 0) is 12.5 Å². The van der Waals surface area contributed by atoms with E-state index in [4.69, 9.17) is 0 Å². The van der Waals surface area contributed by atoms with Gasteiger partial charge in [0.15, 0.2) is 5.82 Å². The third-order valence-electron chi connectivity index (χ3n) is 4.35. The van der Waals surface area contributed by atoms with Crippen molar-refractivity contribution in [2.45, 2.75) is 26.2 Å². The molecule has 0 bridgehead atoms. The molecule has 1 amide bonds. The third kappa shape index (κ3) is 3.25. The second-order valence-corrected chi connectivity index (χ2v) is 7.15. The van der Waals surface area contributed by atoms with E-state index in [1.165, 1.54) is 0 Å². The van der Waals surface area contributed by atoms with E-state index in [2.05, 4.69) is 41.0 Å². The lowest BCUT2D eigenvalue weighted by molar-refractivity contribution is 0.0735. The number of rotatable bonds is 2. The monoisotopic (exact) mass is 328 g/mol. The Morgan fingerprint density at radius 1 is 1.04 bits per heavy atom. The first-order valence-electron chi connectivity index (χ1n) is 8.23. The van der Waals surface area contributed by atoms with Crippen LogP contribution in [0.4, 0.5) is 5.82 Å². The molecule has 1 aliphatic rings. The van der Waals surface area contributed by atoms with Crippen molar-refractivity contribution < 1.29 is 4.79 Å². The average molecular weight is 328 g/mol. The van der Waals surface area contributed by atoms with Crippen LogP contribution in [0, 0.1) is 0 Å². The number of hydrogen-bond acceptors (Lipinski definition) is 5. The first-order chi connectivity index (χ1) is 11.4. The molecule has 7 nitrogen and oxygen atoms in total. The Balaban J connectivity index is 1.63. The topological polar surface area (TPSA) is 67.2 Å². The van der Waals surface area contributed by atoms with E-state index in [9.17, 15) is 4.79 Å². The van der Waals surface area contributed by atoms with Crippen LogP contribution in [-0.4, -0.2) is 57.0 Å². The highest BCUT2D eigenvalue weighted by Gasteiger charge is 2.25. The van der Waals surface area contributed by atoms with Gasteiger partial charge in [-0.15, -0.1) is 5.10 Å². The molecule has 24 heavy (non-hydrogen) atoms. The largest absolute Gasteiger partial charge is 0.352 e. The van der Waals surface area contributed by atoms with E-state index in [0.717, 1.165) is 24.6 Å². The van der Waals surface area contributed by atoms with Crippen LogP contribution in [0.5, 0.6) is 0 Å². The van der Waals surface area contributed by atoms with Crippen molar-refractivity contribution in [1.29, 1.82) is 0 Å². The standard InChI is InChI=1S/C17H24N6O/c1-17(2,3)14-5-6-15(20-19-14)22-9-11-23(12-10-22)16(24)13-7-8-18-21(13)4/h5-8H,9-12H2,1-4H3. The molecule has 0 radical (unpaired) electrons. The van der Waals surface area contributed by atoms with Gasteiger partial charge in [0.25, 0.3) is 5.91 Å². The fourth-order valence-corrected chi connectivity index (χ4v) is 2.78. The fraction of sp³-hybridized carbons (Fsp3) is 0.529. The molecule has 3 heterocycles. The molecule has 2 aromatic heterocycles. The van der Waals surface area contributed by atoms with E-state index in [1.807, 2.05) is 17.0 Å². The van der Waals surface area contributed by atoms with Crippen molar-refractivity contribution in [3.63, 3.8) is 0 Å². The number of hydrogen-bond donors (Lipinski definition) is 0. The van der Waals surface area contributed by atoms with Gasteiger partial charge in [0, 0.05) is 44.8 Å². The molecule has 1 aliphatic heterocycles. The second-order valence-electron chi connectivity index (χ2n) is 7.15. The predicted molar refractivity (Wildman–Crippen MR) is 92.1 cm³/mol. The zero-order chi connectivity index (χ0) is 17.3. The summed E-state index contributed by atoms with van der Waals surface area (Å²) in [5.74, 6) is 0.902. The quantitative estimate of drug-likeness (QED) is 0.835. The van der Waals surface area contributed by atoms with Crippen molar-refractivity contribution in [3.05, 3.63) is 35.8 Å². The normalized spacial score (nSPS) is 15.7. The van der Waals surface area contributed by atoms with Crippen LogP contribution >= 0.6 is 0 Å². The van der Waals surface area contributed by atoms with Crippen LogP contribution in [0.2, 0.25) is 0 Å². The number of anilines is 1. The third-order valence-corrected chi connectivity index (χ3v) is 4.35. The molecule has 0 aliphatic carbocycles. The number of carbonyl (C=O) groups excluding carboxylic acids is 1. The molecule has 1 saturated heterocycles. The number of carbonyl (C=O) groups is 1. The number of piperazine rings is 1. The zero-order valence-electron chi connectivity index (χ0n) is 14.7. The Kier molecular flexibility index (Phi) is 4.26. The van der Waals surface area contributed by atoms with Crippen LogP contribution in [0.1, 0.15) is 37.0 Å². The summed E-state index contributed by atoms with van der Waals surface area (Å²) >= 11 is 0. The maximum absolute atomic E-state index is 12.5. The second kappa shape index (κ2) is 6.22. The van der Waals surface area contributed by atoms with Crippen LogP contribution in [0.15, 0.2) is 24.4 Å². The Bertz CT molecular complexity index is 707. The molecular formula is C17H24N6O. The van der Waals surface area contributed by atoms with Gasteiger partial charge >= 0.3 is 0 Å². The van der Waals surface area contributed by atoms with Gasteiger partial charge in [0.1, 0.15) is 5.69 Å². The molecular weight excluding hydrogens is 304 g/mol. The Hall–Kier alpha value is -2.44. The SMILES string of the molecule is Cn1nccc1C(=O)N1CCN(c2ccc(C(C)(C)C)nn2)CC1. The predicted octanol–water partition coefficient (Wildman–Crippen LogP) is 1.47. The van der Waals surface area contributed by atoms with E-state index >= 15 is 0 Å². The molecule has 0 atom stereocenters. The zero-order valence-corrected chi connectivity index (χ0v) is 14.7. The smallest absolute Gasteiger partial charge is 0.272 e. The summed E-state index contributed by atoms with van der Waals surface area (Å²) in [6.07, 6.45) is 1.65. The van der Waals surface area contributed by atoms with E-state index < -0.39 is 0 Å². The highest BCUT2D eigenvalue weighted by atomic mass is 16.2. The lowest BCUT2D eigenvalue weighted by Crippen LogP contribution is -2.49. The van der Waals surface area contributed by atoms with Gasteiger partial charge in [-0.25, -0.2) is 0 Å². The minimum Gasteiger partial charge on any atom is -0.352 e. The van der Waals surface area contributed by atoms with E-state index in [1.54, 1.807) is 24.0 Å². The lowest BCUT2D eigenvalue weighted by atomic mass is 9.92. The lowest BCUT2D eigenvalue weighted by Gasteiger charge is -2.35. The average Bonchev–Trinajstić information content (AvgIpc) is 3.00. The van der Waals surface area contributed by atoms with Crippen molar-refractivity contribution in [1.82, 2.24) is 24.9 Å². The summed E-state index contributed by atoms with van der Waals surface area (Å²) < 4.78 is 1.62. The van der Waals surface area contributed by atoms with E-state index in [0.29, 0.717) is 18.8 Å². The molecule has 0 saturated carbocycles. The summed E-state index contributed by atoms with van der Waals surface area (Å²) in [4.78, 5) is 16.5. The van der Waals surface area contributed by atoms with Gasteiger partial charge in [-0.05, 0) is 18.2 Å². The Morgan fingerprint density at radius 2 is 1.75 bits per heavy atom. The first-order valence-corrected chi connectivity index (χ1v) is 8.23. The van der Waals surface area contributed by atoms with Crippen LogP contribution in [0.3, 0.4) is 0 Å². The van der Waals surface area contributed by atoms with Gasteiger partial charge in [-0.1, -0.05) is 20.8 Å². The first kappa shape index (κ1) is 16.4. The molecule has 0 N–H and O–H groups in total. The van der Waals surface area contributed by atoms with E-state index in [-0.39, 0.29) is 11.3 Å². The van der Waals surface area contributed by atoms with Crippen molar-refractivity contribution in [2.75, 3.05) is 31.1 Å².